The molecule has 0 bridgehead atoms. The van der Waals surface area contributed by atoms with E-state index in [4.69, 9.17) is 0 Å². The highest BCUT2D eigenvalue weighted by Gasteiger charge is 2.60. The third-order valence-electron chi connectivity index (χ3n) is 1.86. The summed E-state index contributed by atoms with van der Waals surface area (Å²) < 4.78 is 64.9. The second-order valence-electron chi connectivity index (χ2n) is 3.12. The van der Waals surface area contributed by atoms with E-state index < -0.39 is 24.7 Å². The van der Waals surface area contributed by atoms with E-state index in [1.807, 2.05) is 0 Å². The highest BCUT2D eigenvalue weighted by molar-refractivity contribution is 5.89. The molecule has 0 spiro atoms. The van der Waals surface area contributed by atoms with Gasteiger partial charge in [0.2, 0.25) is 0 Å². The van der Waals surface area contributed by atoms with Gasteiger partial charge < -0.3 is 4.74 Å². The molecule has 0 saturated heterocycles. The zero-order chi connectivity index (χ0) is 13.1. The van der Waals surface area contributed by atoms with E-state index in [-0.39, 0.29) is 5.56 Å². The van der Waals surface area contributed by atoms with Gasteiger partial charge in [0, 0.05) is 0 Å². The first-order valence-corrected chi connectivity index (χ1v) is 4.40. The summed E-state index contributed by atoms with van der Waals surface area (Å²) in [7, 11) is 0. The average molecular weight is 254 g/mol. The van der Waals surface area contributed by atoms with Crippen LogP contribution in [0.4, 0.5) is 22.0 Å². The summed E-state index contributed by atoms with van der Waals surface area (Å²) in [6, 6.07) is 6.44. The number of halogens is 5. The fourth-order valence-electron chi connectivity index (χ4n) is 0.941. The monoisotopic (exact) mass is 254 g/mol. The molecule has 0 aliphatic heterocycles. The molecule has 1 aromatic carbocycles. The summed E-state index contributed by atoms with van der Waals surface area (Å²) in [6.45, 7) is -2.49. The molecule has 0 radical (unpaired) electrons. The van der Waals surface area contributed by atoms with Crippen LogP contribution in [0.25, 0.3) is 0 Å². The van der Waals surface area contributed by atoms with Crippen LogP contribution in [0.1, 0.15) is 10.4 Å². The van der Waals surface area contributed by atoms with Crippen LogP contribution in [0.2, 0.25) is 0 Å². The van der Waals surface area contributed by atoms with Crippen LogP contribution >= 0.6 is 0 Å². The van der Waals surface area contributed by atoms with Crippen molar-refractivity contribution in [2.24, 2.45) is 0 Å². The smallest absolute Gasteiger partial charge is 0.414 e. The van der Waals surface area contributed by atoms with E-state index >= 15 is 0 Å². The minimum absolute atomic E-state index is 0.299. The van der Waals surface area contributed by atoms with Crippen LogP contribution in [-0.2, 0) is 4.74 Å². The topological polar surface area (TPSA) is 26.3 Å². The van der Waals surface area contributed by atoms with E-state index in [2.05, 4.69) is 4.74 Å². The quantitative estimate of drug-likeness (QED) is 0.612. The second kappa shape index (κ2) is 4.68. The molecular weight excluding hydrogens is 247 g/mol. The number of hydrogen-bond acceptors (Lipinski definition) is 2. The number of alkyl halides is 5. The van der Waals surface area contributed by atoms with Crippen LogP contribution in [0.15, 0.2) is 30.3 Å². The summed E-state index contributed by atoms with van der Waals surface area (Å²) in [4.78, 5) is 11.1. The van der Waals surface area contributed by atoms with Crippen molar-refractivity contribution in [3.8, 4) is 0 Å². The van der Waals surface area contributed by atoms with Crippen LogP contribution in [0, 0.1) is 0 Å². The lowest BCUT2D eigenvalue weighted by atomic mass is 10.2. The van der Waals surface area contributed by atoms with Gasteiger partial charge >= 0.3 is 18.0 Å². The molecule has 7 heteroatoms. The number of carbonyl (C=O) groups excluding carboxylic acids is 1. The predicted octanol–water partition coefficient (Wildman–Crippen LogP) is 3.04. The lowest BCUT2D eigenvalue weighted by Gasteiger charge is -2.24. The van der Waals surface area contributed by atoms with E-state index in [0.717, 1.165) is 12.1 Å². The molecule has 94 valence electrons. The van der Waals surface area contributed by atoms with Gasteiger partial charge in [0.25, 0.3) is 0 Å². The van der Waals surface area contributed by atoms with Gasteiger partial charge in [-0.15, -0.1) is 0 Å². The van der Waals surface area contributed by atoms with Crippen molar-refractivity contribution in [2.45, 2.75) is 12.0 Å². The molecule has 1 unspecified atom stereocenters. The number of benzene rings is 1. The normalized spacial score (nSPS) is 15.1. The van der Waals surface area contributed by atoms with Gasteiger partial charge in [0.05, 0.1) is 5.56 Å². The number of esters is 1. The Hall–Kier alpha value is -1.66. The number of hydrogen-bond donors (Lipinski definition) is 0. The Morgan fingerprint density at radius 2 is 1.65 bits per heavy atom. The number of ether oxygens (including phenoxy) is 1. The van der Waals surface area contributed by atoms with Crippen molar-refractivity contribution < 1.29 is 31.5 Å². The molecule has 0 aliphatic rings. The van der Waals surface area contributed by atoms with Gasteiger partial charge in [0.15, 0.2) is 6.67 Å². The average Bonchev–Trinajstić information content (AvgIpc) is 2.28. The van der Waals surface area contributed by atoms with Crippen molar-refractivity contribution in [3.63, 3.8) is 0 Å². The fraction of sp³-hybridized carbons (Fsp3) is 0.300. The molecule has 1 rings (SSSR count). The van der Waals surface area contributed by atoms with Crippen LogP contribution in [-0.4, -0.2) is 24.7 Å². The first kappa shape index (κ1) is 13.4. The summed E-state index contributed by atoms with van der Waals surface area (Å²) in [6.07, 6.45) is -5.62. The molecule has 17 heavy (non-hydrogen) atoms. The highest BCUT2D eigenvalue weighted by Crippen LogP contribution is 2.36. The highest BCUT2D eigenvalue weighted by atomic mass is 19.4. The third kappa shape index (κ3) is 2.92. The Bertz CT molecular complexity index is 389. The van der Waals surface area contributed by atoms with Gasteiger partial charge in [-0.2, -0.15) is 17.6 Å². The molecule has 2 nitrogen and oxygen atoms in total. The predicted molar refractivity (Wildman–Crippen MR) is 47.7 cm³/mol. The van der Waals surface area contributed by atoms with Gasteiger partial charge in [0.1, 0.15) is 0 Å². The zero-order valence-electron chi connectivity index (χ0n) is 8.30. The molecule has 0 amide bonds. The van der Waals surface area contributed by atoms with Crippen LogP contribution < -0.4 is 0 Å². The Morgan fingerprint density at radius 1 is 1.12 bits per heavy atom. The van der Waals surface area contributed by atoms with Gasteiger partial charge in [-0.3, -0.25) is 0 Å². The Balaban J connectivity index is 2.87. The maximum atomic E-state index is 13.0. The SMILES string of the molecule is O=C(OC(F)(CF)C(F)(F)F)c1ccccc1. The molecule has 0 saturated carbocycles. The Labute approximate surface area is 93.0 Å². The van der Waals surface area contributed by atoms with Crippen LogP contribution in [0.5, 0.6) is 0 Å². The maximum absolute atomic E-state index is 13.0. The van der Waals surface area contributed by atoms with Gasteiger partial charge in [-0.05, 0) is 12.1 Å². The largest absolute Gasteiger partial charge is 0.463 e. The molecule has 1 aromatic rings. The van der Waals surface area contributed by atoms with E-state index in [0.29, 0.717) is 0 Å². The zero-order valence-corrected chi connectivity index (χ0v) is 8.30. The summed E-state index contributed by atoms with van der Waals surface area (Å²) in [5, 5.41) is 0. The molecular formula is C10H7F5O2. The molecule has 0 N–H and O–H groups in total. The summed E-state index contributed by atoms with van der Waals surface area (Å²) in [5.74, 6) is -6.19. The van der Waals surface area contributed by atoms with E-state index in [1.165, 1.54) is 18.2 Å². The Morgan fingerprint density at radius 3 is 2.06 bits per heavy atom. The van der Waals surface area contributed by atoms with E-state index in [1.54, 1.807) is 0 Å². The maximum Gasteiger partial charge on any atom is 0.463 e. The summed E-state index contributed by atoms with van der Waals surface area (Å²) >= 11 is 0. The first-order chi connectivity index (χ1) is 7.80. The van der Waals surface area contributed by atoms with Crippen molar-refractivity contribution in [1.29, 1.82) is 0 Å². The Kier molecular flexibility index (Phi) is 3.69. The lowest BCUT2D eigenvalue weighted by Crippen LogP contribution is -2.47. The first-order valence-electron chi connectivity index (χ1n) is 4.40. The number of carbonyl (C=O) groups is 1. The number of rotatable bonds is 3. The summed E-state index contributed by atoms with van der Waals surface area (Å²) in [5.41, 5.74) is -0.299. The van der Waals surface area contributed by atoms with Crippen LogP contribution in [0.3, 0.4) is 0 Å². The molecule has 0 fully saturated rings. The van der Waals surface area contributed by atoms with Gasteiger partial charge in [-0.1, -0.05) is 18.2 Å². The standard InChI is InChI=1S/C10H7F5O2/c11-6-9(12,10(13,14)15)17-8(16)7-4-2-1-3-5-7/h1-5H,6H2. The lowest BCUT2D eigenvalue weighted by molar-refractivity contribution is -0.316. The molecule has 1 atom stereocenters. The van der Waals surface area contributed by atoms with Crippen molar-refractivity contribution in [1.82, 2.24) is 0 Å². The van der Waals surface area contributed by atoms with Crippen molar-refractivity contribution in [3.05, 3.63) is 35.9 Å². The molecule has 0 aliphatic carbocycles. The minimum atomic E-state index is -5.62. The second-order valence-corrected chi connectivity index (χ2v) is 3.12. The van der Waals surface area contributed by atoms with Crippen molar-refractivity contribution >= 4 is 5.97 Å². The molecule has 0 aromatic heterocycles. The minimum Gasteiger partial charge on any atom is -0.414 e. The molecule has 0 heterocycles. The third-order valence-corrected chi connectivity index (χ3v) is 1.86. The van der Waals surface area contributed by atoms with E-state index in [9.17, 15) is 26.7 Å². The van der Waals surface area contributed by atoms with Crippen molar-refractivity contribution in [2.75, 3.05) is 6.67 Å². The van der Waals surface area contributed by atoms with Gasteiger partial charge in [-0.25, -0.2) is 9.18 Å². The fourth-order valence-corrected chi connectivity index (χ4v) is 0.941.